The number of likely N-dealkylation sites (tertiary alicyclic amines) is 1. The first-order valence-electron chi connectivity index (χ1n) is 7.79. The van der Waals surface area contributed by atoms with Crippen LogP contribution in [0.3, 0.4) is 0 Å². The molecule has 1 aromatic rings. The lowest BCUT2D eigenvalue weighted by Gasteiger charge is -2.19. The molecule has 1 saturated carbocycles. The summed E-state index contributed by atoms with van der Waals surface area (Å²) in [4.78, 5) is 27.6. The summed E-state index contributed by atoms with van der Waals surface area (Å²) in [6.07, 6.45) is 5.31. The Morgan fingerprint density at radius 1 is 1.42 bits per heavy atom. The van der Waals surface area contributed by atoms with Gasteiger partial charge in [0.15, 0.2) is 0 Å². The van der Waals surface area contributed by atoms with Crippen molar-refractivity contribution in [3.05, 3.63) is 34.0 Å². The van der Waals surface area contributed by atoms with Crippen molar-refractivity contribution >= 4 is 34.4 Å². The van der Waals surface area contributed by atoms with Crippen molar-refractivity contribution in [1.82, 2.24) is 4.90 Å². The van der Waals surface area contributed by atoms with Crippen LogP contribution < -0.4 is 5.73 Å². The molecular weight excluding hydrogens is 322 g/mol. The number of carbonyl (C=O) groups is 2. The van der Waals surface area contributed by atoms with Crippen LogP contribution in [-0.2, 0) is 16.1 Å². The van der Waals surface area contributed by atoms with Crippen molar-refractivity contribution in [1.29, 1.82) is 5.26 Å². The van der Waals surface area contributed by atoms with Crippen LogP contribution in [0.25, 0.3) is 5.57 Å². The number of nitrogens with zero attached hydrogens (tertiary/aromatic N) is 2. The Morgan fingerprint density at radius 2 is 2.04 bits per heavy atom. The Morgan fingerprint density at radius 3 is 2.58 bits per heavy atom. The van der Waals surface area contributed by atoms with E-state index in [4.69, 9.17) is 5.73 Å². The van der Waals surface area contributed by atoms with Crippen LogP contribution in [0.4, 0.5) is 5.69 Å². The van der Waals surface area contributed by atoms with Gasteiger partial charge in [0.1, 0.15) is 6.07 Å². The maximum absolute atomic E-state index is 12.4. The van der Waals surface area contributed by atoms with Crippen molar-refractivity contribution < 1.29 is 9.59 Å². The van der Waals surface area contributed by atoms with Crippen molar-refractivity contribution in [3.8, 4) is 6.07 Å². The third kappa shape index (κ3) is 2.36. The number of hydrogen-bond acceptors (Lipinski definition) is 5. The van der Waals surface area contributed by atoms with Gasteiger partial charge in [-0.05, 0) is 24.5 Å². The number of nitrogen functional groups attached to an aromatic ring is 1. The van der Waals surface area contributed by atoms with E-state index >= 15 is 0 Å². The second kappa shape index (κ2) is 5.60. The van der Waals surface area contributed by atoms with Gasteiger partial charge in [0, 0.05) is 4.88 Å². The second-order valence-electron chi connectivity index (χ2n) is 6.75. The summed E-state index contributed by atoms with van der Waals surface area (Å²) in [6.45, 7) is 6.02. The monoisotopic (exact) mass is 341 g/mol. The molecule has 2 fully saturated rings. The van der Waals surface area contributed by atoms with E-state index in [1.165, 1.54) is 16.2 Å². The molecule has 1 saturated heterocycles. The first-order valence-corrected chi connectivity index (χ1v) is 8.61. The largest absolute Gasteiger partial charge is 0.398 e. The molecule has 2 heterocycles. The molecule has 2 aliphatic rings. The quantitative estimate of drug-likeness (QED) is 0.518. The van der Waals surface area contributed by atoms with Crippen molar-refractivity contribution in [2.45, 2.75) is 27.3 Å². The second-order valence-corrected chi connectivity index (χ2v) is 7.89. The van der Waals surface area contributed by atoms with Crippen LogP contribution in [0, 0.1) is 28.6 Å². The zero-order chi connectivity index (χ0) is 17.6. The zero-order valence-corrected chi connectivity index (χ0v) is 14.7. The number of nitriles is 1. The van der Waals surface area contributed by atoms with E-state index in [9.17, 15) is 14.9 Å². The van der Waals surface area contributed by atoms with Gasteiger partial charge in [-0.1, -0.05) is 26.0 Å². The van der Waals surface area contributed by atoms with Gasteiger partial charge in [0.05, 0.1) is 34.5 Å². The summed E-state index contributed by atoms with van der Waals surface area (Å²) in [7, 11) is 0. The molecular formula is C18H19N3O2S. The standard InChI is InChI=1S/C18H19N3O2S/c1-4-5-6-10(8-19)15-12(20)7-11(24-15)9-21-16(22)13-14(17(21)23)18(13,2)3/h4-7,13-14H,9,20H2,1-3H3/b5-4+,10-6-. The summed E-state index contributed by atoms with van der Waals surface area (Å²) in [5.41, 5.74) is 6.79. The molecule has 1 aromatic heterocycles. The number of anilines is 1. The number of piperidine rings is 1. The minimum absolute atomic E-state index is 0.0894. The highest BCUT2D eigenvalue weighted by molar-refractivity contribution is 7.13. The number of allylic oxidation sites excluding steroid dienone is 4. The van der Waals surface area contributed by atoms with Crippen LogP contribution in [0.2, 0.25) is 0 Å². The normalized spacial score (nSPS) is 25.2. The first-order chi connectivity index (χ1) is 11.3. The highest BCUT2D eigenvalue weighted by Crippen LogP contribution is 2.63. The summed E-state index contributed by atoms with van der Waals surface area (Å²) < 4.78 is 0. The molecule has 3 rings (SSSR count). The fourth-order valence-electron chi connectivity index (χ4n) is 3.42. The average Bonchev–Trinajstić information content (AvgIpc) is 2.77. The van der Waals surface area contributed by atoms with Gasteiger partial charge in [-0.3, -0.25) is 14.5 Å². The number of fused-ring (bicyclic) bond motifs is 1. The van der Waals surface area contributed by atoms with Gasteiger partial charge < -0.3 is 5.73 Å². The third-order valence-corrected chi connectivity index (χ3v) is 6.01. The maximum atomic E-state index is 12.4. The molecule has 0 radical (unpaired) electrons. The van der Waals surface area contributed by atoms with Crippen molar-refractivity contribution in [3.63, 3.8) is 0 Å². The fraction of sp³-hybridized carbons (Fsp3) is 0.389. The minimum Gasteiger partial charge on any atom is -0.398 e. The number of thiophene rings is 1. The Kier molecular flexibility index (Phi) is 3.84. The zero-order valence-electron chi connectivity index (χ0n) is 13.9. The summed E-state index contributed by atoms with van der Waals surface area (Å²) in [5.74, 6) is -0.529. The number of rotatable bonds is 4. The molecule has 2 N–H and O–H groups in total. The van der Waals surface area contributed by atoms with Crippen LogP contribution in [0.5, 0.6) is 0 Å². The number of imide groups is 1. The number of amides is 2. The van der Waals surface area contributed by atoms with Gasteiger partial charge in [-0.15, -0.1) is 11.3 Å². The lowest BCUT2D eigenvalue weighted by molar-refractivity contribution is -0.143. The molecule has 5 nitrogen and oxygen atoms in total. The van der Waals surface area contributed by atoms with E-state index in [1.54, 1.807) is 18.2 Å². The lowest BCUT2D eigenvalue weighted by atomic mass is 10.1. The van der Waals surface area contributed by atoms with E-state index in [2.05, 4.69) is 6.07 Å². The van der Waals surface area contributed by atoms with Crippen LogP contribution in [0.15, 0.2) is 24.3 Å². The molecule has 2 amide bonds. The third-order valence-electron chi connectivity index (χ3n) is 4.84. The first kappa shape index (κ1) is 16.5. The van der Waals surface area contributed by atoms with Crippen LogP contribution >= 0.6 is 11.3 Å². The number of hydrogen-bond donors (Lipinski definition) is 1. The minimum atomic E-state index is -0.201. The molecule has 1 aliphatic heterocycles. The smallest absolute Gasteiger partial charge is 0.234 e. The maximum Gasteiger partial charge on any atom is 0.234 e. The van der Waals surface area contributed by atoms with Gasteiger partial charge in [0.25, 0.3) is 0 Å². The average molecular weight is 341 g/mol. The molecule has 0 aromatic carbocycles. The molecule has 2 unspecified atom stereocenters. The van der Waals surface area contributed by atoms with E-state index < -0.39 is 0 Å². The molecule has 0 bridgehead atoms. The van der Waals surface area contributed by atoms with Crippen molar-refractivity contribution in [2.75, 3.05) is 5.73 Å². The fourth-order valence-corrected chi connectivity index (χ4v) is 4.46. The summed E-state index contributed by atoms with van der Waals surface area (Å²) in [5, 5.41) is 9.29. The van der Waals surface area contributed by atoms with Gasteiger partial charge in [0.2, 0.25) is 11.8 Å². The molecule has 124 valence electrons. The van der Waals surface area contributed by atoms with Gasteiger partial charge >= 0.3 is 0 Å². The Bertz CT molecular complexity index is 802. The Balaban J connectivity index is 1.81. The molecule has 1 aliphatic carbocycles. The predicted octanol–water partition coefficient (Wildman–Crippen LogP) is 2.95. The van der Waals surface area contributed by atoms with Gasteiger partial charge in [-0.2, -0.15) is 5.26 Å². The molecule has 24 heavy (non-hydrogen) atoms. The molecule has 0 spiro atoms. The van der Waals surface area contributed by atoms with E-state index in [0.29, 0.717) is 16.1 Å². The topological polar surface area (TPSA) is 87.2 Å². The summed E-state index contributed by atoms with van der Waals surface area (Å²) in [6, 6.07) is 3.88. The van der Waals surface area contributed by atoms with E-state index in [-0.39, 0.29) is 35.6 Å². The SMILES string of the molecule is C/C=C/C=C(/C#N)c1sc(CN2C(=O)C3C(C2=O)C3(C)C)cc1N. The van der Waals surface area contributed by atoms with Crippen LogP contribution in [-0.4, -0.2) is 16.7 Å². The van der Waals surface area contributed by atoms with E-state index in [1.807, 2.05) is 26.8 Å². The Hall–Kier alpha value is -2.39. The predicted molar refractivity (Wildman–Crippen MR) is 93.5 cm³/mol. The van der Waals surface area contributed by atoms with Crippen LogP contribution in [0.1, 0.15) is 30.5 Å². The van der Waals surface area contributed by atoms with Crippen molar-refractivity contribution in [2.24, 2.45) is 17.3 Å². The number of carbonyl (C=O) groups excluding carboxylic acids is 2. The molecule has 6 heteroatoms. The number of nitrogens with two attached hydrogens (primary N) is 1. The summed E-state index contributed by atoms with van der Waals surface area (Å²) >= 11 is 1.35. The lowest BCUT2D eigenvalue weighted by Crippen LogP contribution is -2.35. The molecule has 2 atom stereocenters. The highest BCUT2D eigenvalue weighted by atomic mass is 32.1. The highest BCUT2D eigenvalue weighted by Gasteiger charge is 2.72. The Labute approximate surface area is 145 Å². The van der Waals surface area contributed by atoms with Gasteiger partial charge in [-0.25, -0.2) is 0 Å². The van der Waals surface area contributed by atoms with E-state index in [0.717, 1.165) is 4.88 Å².